The summed E-state index contributed by atoms with van der Waals surface area (Å²) in [5, 5.41) is 3.14. The molecule has 106 valence electrons. The van der Waals surface area contributed by atoms with Gasteiger partial charge in [-0.3, -0.25) is 0 Å². The molecule has 0 amide bonds. The molecule has 1 aromatic carbocycles. The average molecular weight is 337 g/mol. The third kappa shape index (κ3) is 3.42. The molecule has 1 saturated heterocycles. The molecule has 0 aliphatic carbocycles. The number of piperidine rings is 1. The fourth-order valence-electron chi connectivity index (χ4n) is 2.44. The largest absolute Gasteiger partial charge is 0.418 e. The van der Waals surface area contributed by atoms with Gasteiger partial charge in [0, 0.05) is 29.3 Å². The van der Waals surface area contributed by atoms with Crippen LogP contribution < -0.4 is 10.2 Å². The van der Waals surface area contributed by atoms with Gasteiger partial charge in [0.15, 0.2) is 0 Å². The minimum Gasteiger partial charge on any atom is -0.369 e. The van der Waals surface area contributed by atoms with E-state index in [0.29, 0.717) is 17.6 Å². The highest BCUT2D eigenvalue weighted by Crippen LogP contribution is 2.39. The number of hydrogen-bond acceptors (Lipinski definition) is 2. The molecular formula is C13H16BrF3N2. The predicted octanol–water partition coefficient (Wildman–Crippen LogP) is 3.66. The standard InChI is InChI=1S/C13H16BrF3N2/c1-18-10-3-2-6-19(8-10)12-5-4-9(14)7-11(12)13(15,16)17/h4-5,7,10,18H,2-3,6,8H2,1H3. The molecular weight excluding hydrogens is 321 g/mol. The van der Waals surface area contributed by atoms with Crippen LogP contribution in [0.5, 0.6) is 0 Å². The van der Waals surface area contributed by atoms with Crippen molar-refractivity contribution in [3.8, 4) is 0 Å². The van der Waals surface area contributed by atoms with E-state index in [1.165, 1.54) is 0 Å². The van der Waals surface area contributed by atoms with Crippen molar-refractivity contribution < 1.29 is 13.2 Å². The van der Waals surface area contributed by atoms with Gasteiger partial charge in [0.05, 0.1) is 5.56 Å². The van der Waals surface area contributed by atoms with Crippen LogP contribution >= 0.6 is 15.9 Å². The first-order valence-corrected chi connectivity index (χ1v) is 7.00. The number of alkyl halides is 3. The second-order valence-corrected chi connectivity index (χ2v) is 5.65. The molecule has 19 heavy (non-hydrogen) atoms. The maximum absolute atomic E-state index is 13.1. The SMILES string of the molecule is CNC1CCCN(c2ccc(Br)cc2C(F)(F)F)C1. The van der Waals surface area contributed by atoms with Crippen molar-refractivity contribution in [2.45, 2.75) is 25.1 Å². The molecule has 0 spiro atoms. The van der Waals surface area contributed by atoms with Crippen LogP contribution in [0.1, 0.15) is 18.4 Å². The van der Waals surface area contributed by atoms with E-state index in [2.05, 4.69) is 21.2 Å². The summed E-state index contributed by atoms with van der Waals surface area (Å²) in [7, 11) is 1.85. The summed E-state index contributed by atoms with van der Waals surface area (Å²) in [6.07, 6.45) is -2.42. The van der Waals surface area contributed by atoms with Gasteiger partial charge in [-0.1, -0.05) is 15.9 Å². The van der Waals surface area contributed by atoms with Crippen molar-refractivity contribution in [1.82, 2.24) is 5.32 Å². The van der Waals surface area contributed by atoms with E-state index in [1.807, 2.05) is 11.9 Å². The van der Waals surface area contributed by atoms with Gasteiger partial charge in [-0.15, -0.1) is 0 Å². The van der Waals surface area contributed by atoms with Crippen LogP contribution in [-0.4, -0.2) is 26.2 Å². The van der Waals surface area contributed by atoms with E-state index in [0.717, 1.165) is 18.9 Å². The molecule has 1 aliphatic heterocycles. The number of anilines is 1. The van der Waals surface area contributed by atoms with Crippen LogP contribution in [0, 0.1) is 0 Å². The third-order valence-electron chi connectivity index (χ3n) is 3.43. The molecule has 1 heterocycles. The highest BCUT2D eigenvalue weighted by molar-refractivity contribution is 9.10. The molecule has 1 unspecified atom stereocenters. The van der Waals surface area contributed by atoms with Crippen molar-refractivity contribution in [2.24, 2.45) is 0 Å². The lowest BCUT2D eigenvalue weighted by Crippen LogP contribution is -2.45. The minimum absolute atomic E-state index is 0.249. The number of halogens is 4. The minimum atomic E-state index is -4.33. The van der Waals surface area contributed by atoms with E-state index in [9.17, 15) is 13.2 Å². The Morgan fingerprint density at radius 2 is 2.11 bits per heavy atom. The van der Waals surface area contributed by atoms with Gasteiger partial charge in [0.2, 0.25) is 0 Å². The highest BCUT2D eigenvalue weighted by Gasteiger charge is 2.35. The van der Waals surface area contributed by atoms with Crippen molar-refractivity contribution >= 4 is 21.6 Å². The van der Waals surface area contributed by atoms with Crippen LogP contribution in [0.2, 0.25) is 0 Å². The highest BCUT2D eigenvalue weighted by atomic mass is 79.9. The van der Waals surface area contributed by atoms with Gasteiger partial charge in [-0.25, -0.2) is 0 Å². The second-order valence-electron chi connectivity index (χ2n) is 4.73. The molecule has 0 radical (unpaired) electrons. The van der Waals surface area contributed by atoms with Gasteiger partial charge >= 0.3 is 6.18 Å². The van der Waals surface area contributed by atoms with Crippen molar-refractivity contribution in [3.63, 3.8) is 0 Å². The number of nitrogens with zero attached hydrogens (tertiary/aromatic N) is 1. The van der Waals surface area contributed by atoms with Crippen LogP contribution in [0.4, 0.5) is 18.9 Å². The molecule has 0 bridgehead atoms. The van der Waals surface area contributed by atoms with Crippen LogP contribution in [0.3, 0.4) is 0 Å². The van der Waals surface area contributed by atoms with E-state index in [4.69, 9.17) is 0 Å². The number of nitrogens with one attached hydrogen (secondary N) is 1. The van der Waals surface area contributed by atoms with E-state index in [1.54, 1.807) is 12.1 Å². The average Bonchev–Trinajstić information content (AvgIpc) is 2.37. The maximum Gasteiger partial charge on any atom is 0.418 e. The van der Waals surface area contributed by atoms with Crippen molar-refractivity contribution in [1.29, 1.82) is 0 Å². The Bertz CT molecular complexity index is 448. The van der Waals surface area contributed by atoms with E-state index < -0.39 is 11.7 Å². The number of hydrogen-bond donors (Lipinski definition) is 1. The van der Waals surface area contributed by atoms with Gasteiger partial charge < -0.3 is 10.2 Å². The molecule has 6 heteroatoms. The zero-order valence-corrected chi connectivity index (χ0v) is 12.2. The van der Waals surface area contributed by atoms with Crippen LogP contribution in [0.25, 0.3) is 0 Å². The first kappa shape index (κ1) is 14.7. The summed E-state index contributed by atoms with van der Waals surface area (Å²) >= 11 is 3.11. The van der Waals surface area contributed by atoms with Gasteiger partial charge in [-0.05, 0) is 38.1 Å². The Kier molecular flexibility index (Phi) is 4.40. The normalized spacial score (nSPS) is 20.7. The van der Waals surface area contributed by atoms with Crippen LogP contribution in [0.15, 0.2) is 22.7 Å². The molecule has 2 rings (SSSR count). The fraction of sp³-hybridized carbons (Fsp3) is 0.538. The summed E-state index contributed by atoms with van der Waals surface area (Å²) in [5.74, 6) is 0. The summed E-state index contributed by atoms with van der Waals surface area (Å²) < 4.78 is 39.7. The summed E-state index contributed by atoms with van der Waals surface area (Å²) in [6.45, 7) is 1.28. The zero-order chi connectivity index (χ0) is 14.0. The lowest BCUT2D eigenvalue weighted by molar-refractivity contribution is -0.137. The Balaban J connectivity index is 2.33. The molecule has 0 saturated carbocycles. The summed E-state index contributed by atoms with van der Waals surface area (Å²) in [6, 6.07) is 4.61. The number of likely N-dealkylation sites (N-methyl/N-ethyl adjacent to an activating group) is 1. The second kappa shape index (κ2) is 5.71. The molecule has 0 aromatic heterocycles. The molecule has 1 aliphatic rings. The predicted molar refractivity (Wildman–Crippen MR) is 73.4 cm³/mol. The molecule has 1 N–H and O–H groups in total. The smallest absolute Gasteiger partial charge is 0.369 e. The Morgan fingerprint density at radius 3 is 2.74 bits per heavy atom. The van der Waals surface area contributed by atoms with Gasteiger partial charge in [0.25, 0.3) is 0 Å². The molecule has 1 fully saturated rings. The lowest BCUT2D eigenvalue weighted by atomic mass is 10.0. The number of benzene rings is 1. The molecule has 2 nitrogen and oxygen atoms in total. The zero-order valence-electron chi connectivity index (χ0n) is 10.6. The summed E-state index contributed by atoms with van der Waals surface area (Å²) in [5.41, 5.74) is -0.297. The van der Waals surface area contributed by atoms with Crippen molar-refractivity contribution in [2.75, 3.05) is 25.0 Å². The Labute approximate surface area is 119 Å². The first-order valence-electron chi connectivity index (χ1n) is 6.21. The quantitative estimate of drug-likeness (QED) is 0.886. The first-order chi connectivity index (χ1) is 8.91. The van der Waals surface area contributed by atoms with Gasteiger partial charge in [-0.2, -0.15) is 13.2 Å². The topological polar surface area (TPSA) is 15.3 Å². The van der Waals surface area contributed by atoms with E-state index in [-0.39, 0.29) is 11.7 Å². The molecule has 1 aromatic rings. The summed E-state index contributed by atoms with van der Waals surface area (Å²) in [4.78, 5) is 1.82. The fourth-order valence-corrected chi connectivity index (χ4v) is 2.80. The molecule has 1 atom stereocenters. The van der Waals surface area contributed by atoms with Gasteiger partial charge in [0.1, 0.15) is 0 Å². The third-order valence-corrected chi connectivity index (χ3v) is 3.93. The lowest BCUT2D eigenvalue weighted by Gasteiger charge is -2.35. The number of rotatable bonds is 2. The van der Waals surface area contributed by atoms with Crippen molar-refractivity contribution in [3.05, 3.63) is 28.2 Å². The monoisotopic (exact) mass is 336 g/mol. The Hall–Kier alpha value is -0.750. The van der Waals surface area contributed by atoms with Crippen LogP contribution in [-0.2, 0) is 6.18 Å². The maximum atomic E-state index is 13.1. The van der Waals surface area contributed by atoms with E-state index >= 15 is 0 Å². The Morgan fingerprint density at radius 1 is 1.37 bits per heavy atom.